The number of hydrogen-bond acceptors (Lipinski definition) is 0. The van der Waals surface area contributed by atoms with Gasteiger partial charge in [-0.05, 0) is 35.1 Å². The molecule has 2 radical (unpaired) electrons. The minimum Gasteiger partial charge on any atom is -0.0627 e. The van der Waals surface area contributed by atoms with Crippen LogP contribution < -0.4 is 0 Å². The lowest BCUT2D eigenvalue weighted by molar-refractivity contribution is 0.830. The van der Waals surface area contributed by atoms with Gasteiger partial charge in [0, 0.05) is 21.4 Å². The van der Waals surface area contributed by atoms with Crippen LogP contribution in [0.15, 0.2) is 59.7 Å². The van der Waals surface area contributed by atoms with Crippen LogP contribution >= 0.6 is 0 Å². The van der Waals surface area contributed by atoms with Crippen LogP contribution in [0.25, 0.3) is 12.2 Å². The molecule has 0 N–H and O–H groups in total. The van der Waals surface area contributed by atoms with E-state index in [0.717, 1.165) is 9.52 Å². The molecule has 0 heterocycles. The van der Waals surface area contributed by atoms with Crippen molar-refractivity contribution in [3.05, 3.63) is 81.9 Å². The van der Waals surface area contributed by atoms with Crippen molar-refractivity contribution in [3.8, 4) is 0 Å². The summed E-state index contributed by atoms with van der Waals surface area (Å²) < 4.78 is 0. The summed E-state index contributed by atoms with van der Waals surface area (Å²) in [5.74, 6) is 1.32. The van der Waals surface area contributed by atoms with Gasteiger partial charge in [0.25, 0.3) is 0 Å². The highest BCUT2D eigenvalue weighted by molar-refractivity contribution is 6.36. The average Bonchev–Trinajstić information content (AvgIpc) is 3.20. The first-order valence-electron chi connectivity index (χ1n) is 9.61. The van der Waals surface area contributed by atoms with Crippen LogP contribution in [0.4, 0.5) is 0 Å². The Labute approximate surface area is 154 Å². The van der Waals surface area contributed by atoms with Crippen molar-refractivity contribution in [2.24, 2.45) is 0 Å². The van der Waals surface area contributed by atoms with Crippen LogP contribution in [0.1, 0.15) is 60.8 Å². The summed E-state index contributed by atoms with van der Waals surface area (Å²) in [5.41, 5.74) is 9.29. The highest BCUT2D eigenvalue weighted by Crippen LogP contribution is 2.43. The molecule has 1 heteroatoms. The van der Waals surface area contributed by atoms with Gasteiger partial charge < -0.3 is 0 Å². The highest BCUT2D eigenvalue weighted by atomic mass is 28.2. The SMILES string of the molecule is CCC1=Cc2ccccc2C1C[Si]CC1C(CC)=Cc2ccccc21. The fraction of sp³-hybridized carbons (Fsp3) is 0.333. The van der Waals surface area contributed by atoms with Crippen molar-refractivity contribution in [2.75, 3.05) is 0 Å². The Morgan fingerprint density at radius 1 is 0.680 bits per heavy atom. The molecule has 2 aliphatic carbocycles. The molecule has 0 aliphatic heterocycles. The Morgan fingerprint density at radius 3 is 1.56 bits per heavy atom. The van der Waals surface area contributed by atoms with Crippen LogP contribution in [0.3, 0.4) is 0 Å². The zero-order chi connectivity index (χ0) is 17.2. The topological polar surface area (TPSA) is 0 Å². The molecule has 2 aliphatic rings. The van der Waals surface area contributed by atoms with E-state index in [-0.39, 0.29) is 0 Å². The van der Waals surface area contributed by atoms with Gasteiger partial charge in [-0.2, -0.15) is 0 Å². The number of hydrogen-bond donors (Lipinski definition) is 0. The predicted molar refractivity (Wildman–Crippen MR) is 110 cm³/mol. The van der Waals surface area contributed by atoms with Crippen molar-refractivity contribution in [3.63, 3.8) is 0 Å². The predicted octanol–water partition coefficient (Wildman–Crippen LogP) is 6.71. The van der Waals surface area contributed by atoms with Gasteiger partial charge in [-0.3, -0.25) is 0 Å². The maximum absolute atomic E-state index is 2.44. The lowest BCUT2D eigenvalue weighted by Crippen LogP contribution is -2.07. The average molecular weight is 343 g/mol. The zero-order valence-electron chi connectivity index (χ0n) is 15.3. The van der Waals surface area contributed by atoms with E-state index in [4.69, 9.17) is 0 Å². The molecule has 25 heavy (non-hydrogen) atoms. The lowest BCUT2D eigenvalue weighted by atomic mass is 9.96. The minimum absolute atomic E-state index is 0.658. The third-order valence-corrected chi connectivity index (χ3v) is 7.23. The van der Waals surface area contributed by atoms with E-state index < -0.39 is 0 Å². The van der Waals surface area contributed by atoms with Gasteiger partial charge >= 0.3 is 0 Å². The maximum atomic E-state index is 2.44. The molecule has 0 bridgehead atoms. The largest absolute Gasteiger partial charge is 0.0627 e. The van der Waals surface area contributed by atoms with Gasteiger partial charge in [0.2, 0.25) is 0 Å². The second-order valence-corrected chi connectivity index (χ2v) is 8.48. The van der Waals surface area contributed by atoms with Gasteiger partial charge in [-0.15, -0.1) is 0 Å². The van der Waals surface area contributed by atoms with E-state index in [1.807, 2.05) is 0 Å². The summed E-state index contributed by atoms with van der Waals surface area (Å²) in [5, 5.41) is 0. The van der Waals surface area contributed by atoms with E-state index in [9.17, 15) is 0 Å². The monoisotopic (exact) mass is 342 g/mol. The van der Waals surface area contributed by atoms with Crippen LogP contribution in [0.2, 0.25) is 12.1 Å². The summed E-state index contributed by atoms with van der Waals surface area (Å²) in [6.45, 7) is 4.61. The van der Waals surface area contributed by atoms with Gasteiger partial charge in [0.05, 0.1) is 0 Å². The standard InChI is InChI=1S/C24H26Si/c1-3-17-13-19-9-5-7-11-21(19)23(17)15-25-16-24-18(4-2)14-20-10-6-8-12-22(20)24/h5-14,23-24H,3-4,15-16H2,1-2H3. The van der Waals surface area contributed by atoms with Gasteiger partial charge in [0.15, 0.2) is 0 Å². The van der Waals surface area contributed by atoms with Crippen LogP contribution in [0, 0.1) is 0 Å². The first kappa shape index (κ1) is 16.6. The van der Waals surface area contributed by atoms with Crippen molar-refractivity contribution in [1.29, 1.82) is 0 Å². The van der Waals surface area contributed by atoms with E-state index in [1.54, 1.807) is 22.3 Å². The molecule has 126 valence electrons. The van der Waals surface area contributed by atoms with E-state index >= 15 is 0 Å². The summed E-state index contributed by atoms with van der Waals surface area (Å²) in [6, 6.07) is 20.6. The Balaban J connectivity index is 1.46. The molecule has 2 aromatic rings. The molecule has 0 amide bonds. The van der Waals surface area contributed by atoms with Crippen molar-refractivity contribution >= 4 is 21.7 Å². The number of fused-ring (bicyclic) bond motifs is 2. The molecule has 0 aromatic heterocycles. The molecule has 0 saturated heterocycles. The Morgan fingerprint density at radius 2 is 1.12 bits per heavy atom. The van der Waals surface area contributed by atoms with E-state index in [2.05, 4.69) is 74.5 Å². The second-order valence-electron chi connectivity index (χ2n) is 7.17. The van der Waals surface area contributed by atoms with E-state index in [1.165, 1.54) is 36.1 Å². The first-order chi connectivity index (χ1) is 12.3. The molecule has 2 atom stereocenters. The molecule has 2 unspecified atom stereocenters. The van der Waals surface area contributed by atoms with Crippen molar-refractivity contribution in [1.82, 2.24) is 0 Å². The normalized spacial score (nSPS) is 20.9. The molecular weight excluding hydrogens is 316 g/mol. The summed E-state index contributed by atoms with van der Waals surface area (Å²) in [7, 11) is 1.02. The molecule has 0 saturated carbocycles. The Hall–Kier alpha value is -1.86. The molecular formula is C24H26Si. The third kappa shape index (κ3) is 3.06. The first-order valence-corrected chi connectivity index (χ1v) is 11.0. The van der Waals surface area contributed by atoms with Crippen LogP contribution in [-0.4, -0.2) is 9.52 Å². The minimum atomic E-state index is 0.658. The molecule has 0 nitrogen and oxygen atoms in total. The van der Waals surface area contributed by atoms with Gasteiger partial charge in [0.1, 0.15) is 0 Å². The van der Waals surface area contributed by atoms with Gasteiger partial charge in [-0.25, -0.2) is 0 Å². The molecule has 0 spiro atoms. The summed E-state index contributed by atoms with van der Waals surface area (Å²) in [4.78, 5) is 0. The van der Waals surface area contributed by atoms with Gasteiger partial charge in [-0.1, -0.05) is 97.8 Å². The smallest absolute Gasteiger partial charge is 0.0397 e. The zero-order valence-corrected chi connectivity index (χ0v) is 16.3. The molecule has 2 aromatic carbocycles. The highest BCUT2D eigenvalue weighted by Gasteiger charge is 2.26. The van der Waals surface area contributed by atoms with Crippen LogP contribution in [-0.2, 0) is 0 Å². The summed E-state index contributed by atoms with van der Waals surface area (Å²) in [6.07, 6.45) is 7.23. The Bertz CT molecular complexity index is 758. The lowest BCUT2D eigenvalue weighted by Gasteiger charge is -2.19. The van der Waals surface area contributed by atoms with E-state index in [0.29, 0.717) is 11.8 Å². The fourth-order valence-electron chi connectivity index (χ4n) is 4.47. The second kappa shape index (κ2) is 7.17. The quantitative estimate of drug-likeness (QED) is 0.512. The number of rotatable bonds is 6. The van der Waals surface area contributed by atoms with Crippen molar-refractivity contribution < 1.29 is 0 Å². The molecule has 4 rings (SSSR count). The fourth-order valence-corrected chi connectivity index (χ4v) is 6.18. The van der Waals surface area contributed by atoms with Crippen LogP contribution in [0.5, 0.6) is 0 Å². The third-order valence-electron chi connectivity index (χ3n) is 5.83. The molecule has 0 fully saturated rings. The number of benzene rings is 2. The van der Waals surface area contributed by atoms with Crippen molar-refractivity contribution in [2.45, 2.75) is 50.6 Å². The maximum Gasteiger partial charge on any atom is 0.0397 e. The summed E-state index contributed by atoms with van der Waals surface area (Å²) >= 11 is 0. The number of allylic oxidation sites excluding steroid dienone is 2. The Kier molecular flexibility index (Phi) is 4.76.